The first-order valence-corrected chi connectivity index (χ1v) is 9.69. The van der Waals surface area contributed by atoms with E-state index in [9.17, 15) is 9.59 Å². The summed E-state index contributed by atoms with van der Waals surface area (Å²) < 4.78 is 0. The molecular weight excluding hydrogens is 314 g/mol. The number of fused-ring (bicyclic) bond motifs is 4. The molecular formula is C20H27N3O2. The highest BCUT2D eigenvalue weighted by Crippen LogP contribution is 2.38. The van der Waals surface area contributed by atoms with Crippen LogP contribution in [0.5, 0.6) is 0 Å². The fraction of sp³-hybridized carbons (Fsp3) is 0.650. The minimum Gasteiger partial charge on any atom is -0.339 e. The van der Waals surface area contributed by atoms with E-state index >= 15 is 0 Å². The topological polar surface area (TPSA) is 53.5 Å². The van der Waals surface area contributed by atoms with Gasteiger partial charge in [-0.25, -0.2) is 0 Å². The largest absolute Gasteiger partial charge is 0.339 e. The van der Waals surface area contributed by atoms with Gasteiger partial charge in [0.05, 0.1) is 0 Å². The zero-order valence-electron chi connectivity index (χ0n) is 15.0. The number of hydrogen-bond donors (Lipinski definition) is 0. The molecule has 2 bridgehead atoms. The van der Waals surface area contributed by atoms with Gasteiger partial charge in [0, 0.05) is 49.6 Å². The van der Waals surface area contributed by atoms with Crippen LogP contribution in [0.1, 0.15) is 55.1 Å². The fourth-order valence-electron chi connectivity index (χ4n) is 4.96. The highest BCUT2D eigenvalue weighted by Gasteiger charge is 2.44. The maximum atomic E-state index is 13.0. The molecule has 25 heavy (non-hydrogen) atoms. The van der Waals surface area contributed by atoms with Gasteiger partial charge in [0.2, 0.25) is 5.91 Å². The molecule has 0 aliphatic carbocycles. The van der Waals surface area contributed by atoms with Gasteiger partial charge in [0.15, 0.2) is 0 Å². The van der Waals surface area contributed by atoms with E-state index < -0.39 is 0 Å². The predicted octanol–water partition coefficient (Wildman–Crippen LogP) is 2.51. The number of aryl methyl sites for hydroxylation is 1. The number of carbonyl (C=O) groups excluding carboxylic acids is 2. The fourth-order valence-corrected chi connectivity index (χ4v) is 4.96. The van der Waals surface area contributed by atoms with E-state index in [1.54, 1.807) is 6.20 Å². The summed E-state index contributed by atoms with van der Waals surface area (Å²) in [5, 5.41) is 0. The Morgan fingerprint density at radius 1 is 1.32 bits per heavy atom. The molecule has 134 valence electrons. The third-order valence-electron chi connectivity index (χ3n) is 6.04. The van der Waals surface area contributed by atoms with Crippen LogP contribution in [0.25, 0.3) is 0 Å². The van der Waals surface area contributed by atoms with Crippen LogP contribution in [-0.2, 0) is 11.2 Å². The Hall–Kier alpha value is -1.91. The molecule has 0 unspecified atom stereocenters. The summed E-state index contributed by atoms with van der Waals surface area (Å²) in [6.07, 6.45) is 7.66. The van der Waals surface area contributed by atoms with Crippen molar-refractivity contribution in [1.29, 1.82) is 0 Å². The molecule has 3 atom stereocenters. The van der Waals surface area contributed by atoms with Crippen LogP contribution in [0.2, 0.25) is 0 Å². The number of carbonyl (C=O) groups is 2. The Balaban J connectivity index is 1.50. The lowest BCUT2D eigenvalue weighted by Gasteiger charge is -2.52. The molecule has 3 saturated heterocycles. The highest BCUT2D eigenvalue weighted by molar-refractivity contribution is 5.94. The second kappa shape index (κ2) is 6.77. The van der Waals surface area contributed by atoms with Crippen LogP contribution in [0.3, 0.4) is 0 Å². The summed E-state index contributed by atoms with van der Waals surface area (Å²) in [6.45, 7) is 4.52. The van der Waals surface area contributed by atoms with Crippen LogP contribution >= 0.6 is 0 Å². The lowest BCUT2D eigenvalue weighted by Crippen LogP contribution is -2.61. The van der Waals surface area contributed by atoms with Crippen molar-refractivity contribution in [3.63, 3.8) is 0 Å². The van der Waals surface area contributed by atoms with E-state index in [1.807, 2.05) is 17.0 Å². The van der Waals surface area contributed by atoms with Gasteiger partial charge < -0.3 is 9.80 Å². The zero-order chi connectivity index (χ0) is 17.4. The van der Waals surface area contributed by atoms with Crippen LogP contribution in [0, 0.1) is 11.8 Å². The van der Waals surface area contributed by atoms with Gasteiger partial charge in [0.1, 0.15) is 0 Å². The molecule has 4 rings (SSSR count). The standard InChI is InChI=1S/C20H27N3O2/c1-2-4-17-10-15(7-8-21-17)20(25)22-11-14-9-16(13-22)18-5-3-6-19(24)23(18)12-14/h7-8,10,14,16,18H,2-6,9,11-13H2,1H3/t14-,16-,18+/m1/s1. The van der Waals surface area contributed by atoms with Crippen molar-refractivity contribution < 1.29 is 9.59 Å². The second-order valence-corrected chi connectivity index (χ2v) is 7.86. The Labute approximate surface area is 149 Å². The molecule has 4 heterocycles. The third kappa shape index (κ3) is 3.16. The minimum atomic E-state index is 0.130. The number of likely N-dealkylation sites (tertiary alicyclic amines) is 1. The van der Waals surface area contributed by atoms with Gasteiger partial charge in [-0.3, -0.25) is 14.6 Å². The Morgan fingerprint density at radius 2 is 2.20 bits per heavy atom. The van der Waals surface area contributed by atoms with Crippen molar-refractivity contribution in [2.24, 2.45) is 11.8 Å². The summed E-state index contributed by atoms with van der Waals surface area (Å²) in [4.78, 5) is 33.8. The maximum absolute atomic E-state index is 13.0. The van der Waals surface area contributed by atoms with E-state index in [4.69, 9.17) is 0 Å². The van der Waals surface area contributed by atoms with Gasteiger partial charge in [-0.1, -0.05) is 13.3 Å². The van der Waals surface area contributed by atoms with Crippen molar-refractivity contribution >= 4 is 11.8 Å². The summed E-state index contributed by atoms with van der Waals surface area (Å²) in [7, 11) is 0. The van der Waals surface area contributed by atoms with Crippen LogP contribution in [-0.4, -0.2) is 52.3 Å². The molecule has 3 aliphatic heterocycles. The average molecular weight is 341 g/mol. The quantitative estimate of drug-likeness (QED) is 0.849. The molecule has 0 N–H and O–H groups in total. The molecule has 0 spiro atoms. The number of piperidine rings is 3. The number of nitrogens with zero attached hydrogens (tertiary/aromatic N) is 3. The van der Waals surface area contributed by atoms with E-state index in [0.29, 0.717) is 30.2 Å². The lowest BCUT2D eigenvalue weighted by atomic mass is 9.76. The first kappa shape index (κ1) is 16.6. The molecule has 0 saturated carbocycles. The zero-order valence-corrected chi connectivity index (χ0v) is 15.0. The van der Waals surface area contributed by atoms with E-state index in [0.717, 1.165) is 63.0 Å². The molecule has 3 fully saturated rings. The van der Waals surface area contributed by atoms with Crippen molar-refractivity contribution in [3.05, 3.63) is 29.6 Å². The molecule has 5 nitrogen and oxygen atoms in total. The first-order valence-electron chi connectivity index (χ1n) is 9.69. The molecule has 2 amide bonds. The van der Waals surface area contributed by atoms with Gasteiger partial charge >= 0.3 is 0 Å². The maximum Gasteiger partial charge on any atom is 0.253 e. The number of pyridine rings is 1. The molecule has 0 aromatic carbocycles. The monoisotopic (exact) mass is 341 g/mol. The number of rotatable bonds is 3. The summed E-state index contributed by atoms with van der Waals surface area (Å²) in [5.41, 5.74) is 1.75. The van der Waals surface area contributed by atoms with Crippen molar-refractivity contribution in [3.8, 4) is 0 Å². The molecule has 3 aliphatic rings. The normalized spacial score (nSPS) is 28.7. The van der Waals surface area contributed by atoms with Crippen molar-refractivity contribution in [2.45, 2.75) is 51.5 Å². The number of amides is 2. The van der Waals surface area contributed by atoms with Crippen LogP contribution in [0.4, 0.5) is 0 Å². The first-order chi connectivity index (χ1) is 12.2. The SMILES string of the molecule is CCCc1cc(C(=O)N2C[C@H]3C[C@H](C2)[C@@H]2CCCC(=O)N2C3)ccn1. The van der Waals surface area contributed by atoms with Crippen molar-refractivity contribution in [1.82, 2.24) is 14.8 Å². The molecule has 1 aromatic rings. The Morgan fingerprint density at radius 3 is 3.04 bits per heavy atom. The highest BCUT2D eigenvalue weighted by atomic mass is 16.2. The summed E-state index contributed by atoms with van der Waals surface area (Å²) in [6, 6.07) is 4.14. The third-order valence-corrected chi connectivity index (χ3v) is 6.04. The Kier molecular flexibility index (Phi) is 4.48. The van der Waals surface area contributed by atoms with Crippen LogP contribution < -0.4 is 0 Å². The van der Waals surface area contributed by atoms with Crippen LogP contribution in [0.15, 0.2) is 18.3 Å². The van der Waals surface area contributed by atoms with Gasteiger partial charge in [-0.2, -0.15) is 0 Å². The minimum absolute atomic E-state index is 0.130. The lowest BCUT2D eigenvalue weighted by molar-refractivity contribution is -0.144. The molecule has 5 heteroatoms. The summed E-state index contributed by atoms with van der Waals surface area (Å²) >= 11 is 0. The number of aromatic nitrogens is 1. The van der Waals surface area contributed by atoms with Crippen molar-refractivity contribution in [2.75, 3.05) is 19.6 Å². The number of hydrogen-bond acceptors (Lipinski definition) is 3. The smallest absolute Gasteiger partial charge is 0.253 e. The van der Waals surface area contributed by atoms with Gasteiger partial charge in [-0.05, 0) is 49.7 Å². The van der Waals surface area contributed by atoms with E-state index in [2.05, 4.69) is 16.8 Å². The van der Waals surface area contributed by atoms with E-state index in [-0.39, 0.29) is 5.91 Å². The van der Waals surface area contributed by atoms with Gasteiger partial charge in [0.25, 0.3) is 5.91 Å². The van der Waals surface area contributed by atoms with E-state index in [1.165, 1.54) is 0 Å². The summed E-state index contributed by atoms with van der Waals surface area (Å²) in [5.74, 6) is 1.32. The molecule has 0 radical (unpaired) electrons. The molecule has 1 aromatic heterocycles. The van der Waals surface area contributed by atoms with Gasteiger partial charge in [-0.15, -0.1) is 0 Å². The Bertz CT molecular complexity index is 675. The predicted molar refractivity (Wildman–Crippen MR) is 95.1 cm³/mol. The second-order valence-electron chi connectivity index (χ2n) is 7.86. The average Bonchev–Trinajstić information content (AvgIpc) is 2.62.